The van der Waals surface area contributed by atoms with Crippen molar-refractivity contribution in [1.82, 2.24) is 0 Å². The highest BCUT2D eigenvalue weighted by Crippen LogP contribution is 2.19. The Morgan fingerprint density at radius 2 is 2.18 bits per heavy atom. The van der Waals surface area contributed by atoms with E-state index in [-0.39, 0.29) is 0 Å². The molecular weight excluding hydrogens is 136 g/mol. The fourth-order valence-electron chi connectivity index (χ4n) is 1.15. The number of hydrogen-bond donors (Lipinski definition) is 0. The summed E-state index contributed by atoms with van der Waals surface area (Å²) in [5.41, 5.74) is 1.38. The van der Waals surface area contributed by atoms with Gasteiger partial charge in [0.1, 0.15) is 5.76 Å². The maximum absolute atomic E-state index is 5.60. The van der Waals surface area contributed by atoms with Crippen LogP contribution in [0.5, 0.6) is 0 Å². The van der Waals surface area contributed by atoms with E-state index in [9.17, 15) is 0 Å². The Labute approximate surface area is 68.8 Å². The smallest absolute Gasteiger partial charge is 0.118 e. The minimum absolute atomic E-state index is 0.294. The average molecular weight is 152 g/mol. The van der Waals surface area contributed by atoms with Gasteiger partial charge in [0.15, 0.2) is 0 Å². The minimum Gasteiger partial charge on any atom is -0.491 e. The molecule has 0 atom stereocenters. The van der Waals surface area contributed by atoms with E-state index in [1.165, 1.54) is 5.57 Å². The maximum atomic E-state index is 5.60. The SMILES string of the molecule is CC1=C(OC(C)C)C=CCC1. The Bertz CT molecular complexity index is 187. The van der Waals surface area contributed by atoms with Crippen LogP contribution < -0.4 is 0 Å². The summed E-state index contributed by atoms with van der Waals surface area (Å²) in [5, 5.41) is 0. The van der Waals surface area contributed by atoms with E-state index >= 15 is 0 Å². The molecule has 11 heavy (non-hydrogen) atoms. The van der Waals surface area contributed by atoms with Gasteiger partial charge in [0.05, 0.1) is 6.10 Å². The normalized spacial score (nSPS) is 17.8. The fraction of sp³-hybridized carbons (Fsp3) is 0.600. The lowest BCUT2D eigenvalue weighted by molar-refractivity contribution is 0.153. The summed E-state index contributed by atoms with van der Waals surface area (Å²) in [4.78, 5) is 0. The van der Waals surface area contributed by atoms with Gasteiger partial charge in [-0.05, 0) is 45.3 Å². The van der Waals surface area contributed by atoms with Crippen LogP contribution in [0.2, 0.25) is 0 Å². The molecule has 0 saturated heterocycles. The second-order valence-electron chi connectivity index (χ2n) is 3.25. The summed E-state index contributed by atoms with van der Waals surface area (Å²) in [5.74, 6) is 1.08. The number of ether oxygens (including phenoxy) is 1. The average Bonchev–Trinajstić information content (AvgIpc) is 1.93. The second-order valence-corrected chi connectivity index (χ2v) is 3.25. The van der Waals surface area contributed by atoms with E-state index in [1.54, 1.807) is 0 Å². The van der Waals surface area contributed by atoms with Crippen LogP contribution in [0.25, 0.3) is 0 Å². The quantitative estimate of drug-likeness (QED) is 0.591. The van der Waals surface area contributed by atoms with Crippen LogP contribution in [0.4, 0.5) is 0 Å². The zero-order chi connectivity index (χ0) is 8.27. The third kappa shape index (κ3) is 2.41. The van der Waals surface area contributed by atoms with E-state index in [2.05, 4.69) is 32.9 Å². The molecule has 1 nitrogen and oxygen atoms in total. The van der Waals surface area contributed by atoms with Crippen LogP contribution >= 0.6 is 0 Å². The third-order valence-corrected chi connectivity index (χ3v) is 1.74. The van der Waals surface area contributed by atoms with Gasteiger partial charge >= 0.3 is 0 Å². The molecule has 62 valence electrons. The van der Waals surface area contributed by atoms with Gasteiger partial charge in [-0.1, -0.05) is 6.08 Å². The summed E-state index contributed by atoms with van der Waals surface area (Å²) < 4.78 is 5.60. The van der Waals surface area contributed by atoms with Gasteiger partial charge in [0, 0.05) is 0 Å². The van der Waals surface area contributed by atoms with Crippen molar-refractivity contribution in [2.75, 3.05) is 0 Å². The van der Waals surface area contributed by atoms with Crippen molar-refractivity contribution < 1.29 is 4.74 Å². The molecule has 1 heteroatoms. The fourth-order valence-corrected chi connectivity index (χ4v) is 1.15. The van der Waals surface area contributed by atoms with E-state index < -0.39 is 0 Å². The molecule has 0 amide bonds. The van der Waals surface area contributed by atoms with Crippen molar-refractivity contribution in [2.24, 2.45) is 0 Å². The molecule has 0 unspecified atom stereocenters. The lowest BCUT2D eigenvalue weighted by atomic mass is 10.1. The molecule has 0 aromatic rings. The summed E-state index contributed by atoms with van der Waals surface area (Å²) in [7, 11) is 0. The van der Waals surface area contributed by atoms with Gasteiger partial charge in [-0.2, -0.15) is 0 Å². The molecule has 0 heterocycles. The van der Waals surface area contributed by atoms with Crippen LogP contribution in [-0.2, 0) is 4.74 Å². The first-order valence-corrected chi connectivity index (χ1v) is 4.23. The van der Waals surface area contributed by atoms with Crippen LogP contribution in [0.3, 0.4) is 0 Å². The van der Waals surface area contributed by atoms with Gasteiger partial charge in [0.2, 0.25) is 0 Å². The molecule has 0 saturated carbocycles. The number of hydrogen-bond acceptors (Lipinski definition) is 1. The Hall–Kier alpha value is -0.720. The monoisotopic (exact) mass is 152 g/mol. The topological polar surface area (TPSA) is 9.23 Å². The molecule has 1 aliphatic carbocycles. The lowest BCUT2D eigenvalue weighted by Crippen LogP contribution is -2.04. The summed E-state index contributed by atoms with van der Waals surface area (Å²) in [6.45, 7) is 6.26. The van der Waals surface area contributed by atoms with E-state index in [1.807, 2.05) is 0 Å². The van der Waals surface area contributed by atoms with Crippen LogP contribution in [0, 0.1) is 0 Å². The van der Waals surface area contributed by atoms with Crippen LogP contribution in [0.15, 0.2) is 23.5 Å². The largest absolute Gasteiger partial charge is 0.491 e. The van der Waals surface area contributed by atoms with Crippen molar-refractivity contribution in [3.8, 4) is 0 Å². The molecule has 1 rings (SSSR count). The maximum Gasteiger partial charge on any atom is 0.118 e. The van der Waals surface area contributed by atoms with Crippen molar-refractivity contribution in [3.05, 3.63) is 23.5 Å². The number of rotatable bonds is 2. The zero-order valence-electron chi connectivity index (χ0n) is 7.55. The van der Waals surface area contributed by atoms with E-state index in [4.69, 9.17) is 4.74 Å². The van der Waals surface area contributed by atoms with Crippen LogP contribution in [0.1, 0.15) is 33.6 Å². The molecule has 0 aromatic heterocycles. The van der Waals surface area contributed by atoms with Gasteiger partial charge in [-0.25, -0.2) is 0 Å². The molecule has 0 radical (unpaired) electrons. The van der Waals surface area contributed by atoms with Crippen molar-refractivity contribution in [3.63, 3.8) is 0 Å². The molecule has 0 aliphatic heterocycles. The third-order valence-electron chi connectivity index (χ3n) is 1.74. The standard InChI is InChI=1S/C10H16O/c1-8(2)11-10-7-5-4-6-9(10)3/h5,7-8H,4,6H2,1-3H3. The first kappa shape index (κ1) is 8.38. The summed E-state index contributed by atoms with van der Waals surface area (Å²) >= 11 is 0. The molecular formula is C10H16O. The predicted molar refractivity (Wildman–Crippen MR) is 47.3 cm³/mol. The zero-order valence-corrected chi connectivity index (χ0v) is 7.55. The van der Waals surface area contributed by atoms with Crippen LogP contribution in [-0.4, -0.2) is 6.10 Å². The van der Waals surface area contributed by atoms with Gasteiger partial charge in [0.25, 0.3) is 0 Å². The van der Waals surface area contributed by atoms with Crippen molar-refractivity contribution in [1.29, 1.82) is 0 Å². The lowest BCUT2D eigenvalue weighted by Gasteiger charge is -2.16. The Kier molecular flexibility index (Phi) is 2.75. The molecule has 0 fully saturated rings. The number of allylic oxidation sites excluding steroid dienone is 3. The Balaban J connectivity index is 2.60. The van der Waals surface area contributed by atoms with Gasteiger partial charge < -0.3 is 4.74 Å². The van der Waals surface area contributed by atoms with Gasteiger partial charge in [-0.15, -0.1) is 0 Å². The summed E-state index contributed by atoms with van der Waals surface area (Å²) in [6.07, 6.45) is 6.86. The van der Waals surface area contributed by atoms with E-state index in [0.717, 1.165) is 18.6 Å². The predicted octanol–water partition coefficient (Wildman–Crippen LogP) is 3.04. The molecule has 0 spiro atoms. The minimum atomic E-state index is 0.294. The Morgan fingerprint density at radius 1 is 1.45 bits per heavy atom. The highest BCUT2D eigenvalue weighted by atomic mass is 16.5. The second kappa shape index (κ2) is 3.61. The molecule has 0 N–H and O–H groups in total. The molecule has 0 bridgehead atoms. The highest BCUT2D eigenvalue weighted by Gasteiger charge is 2.05. The Morgan fingerprint density at radius 3 is 2.73 bits per heavy atom. The van der Waals surface area contributed by atoms with E-state index in [0.29, 0.717) is 6.10 Å². The molecule has 1 aliphatic rings. The highest BCUT2D eigenvalue weighted by molar-refractivity contribution is 5.23. The summed E-state index contributed by atoms with van der Waals surface area (Å²) in [6, 6.07) is 0. The molecule has 0 aromatic carbocycles. The van der Waals surface area contributed by atoms with Crippen molar-refractivity contribution >= 4 is 0 Å². The first-order chi connectivity index (χ1) is 5.20. The first-order valence-electron chi connectivity index (χ1n) is 4.23. The van der Waals surface area contributed by atoms with Gasteiger partial charge in [-0.3, -0.25) is 0 Å². The van der Waals surface area contributed by atoms with Crippen molar-refractivity contribution in [2.45, 2.75) is 39.7 Å².